The van der Waals surface area contributed by atoms with Crippen molar-refractivity contribution in [1.29, 1.82) is 0 Å². The molecule has 0 radical (unpaired) electrons. The number of amides is 1. The molecule has 2 aromatic heterocycles. The minimum Gasteiger partial charge on any atom is -0.505 e. The van der Waals surface area contributed by atoms with Gasteiger partial charge >= 0.3 is 0 Å². The summed E-state index contributed by atoms with van der Waals surface area (Å²) in [6.45, 7) is 0. The maximum Gasteiger partial charge on any atom is 0.267 e. The van der Waals surface area contributed by atoms with Crippen LogP contribution in [0.2, 0.25) is 5.02 Å². The number of carbonyl (C=O) groups is 1. The normalized spacial score (nSPS) is 10.9. The van der Waals surface area contributed by atoms with Crippen molar-refractivity contribution >= 4 is 44.7 Å². The zero-order chi connectivity index (χ0) is 16.7. The van der Waals surface area contributed by atoms with Crippen molar-refractivity contribution < 1.29 is 14.3 Å². The summed E-state index contributed by atoms with van der Waals surface area (Å²) < 4.78 is 15.4. The van der Waals surface area contributed by atoms with E-state index in [1.807, 2.05) is 0 Å². The average Bonchev–Trinajstić information content (AvgIpc) is 2.98. The fraction of sp³-hybridized carbons (Fsp3) is 0.0667. The molecule has 3 aromatic rings. The molecule has 118 valence electrons. The Balaban J connectivity index is 2.09. The summed E-state index contributed by atoms with van der Waals surface area (Å²) in [6, 6.07) is 5.39. The topological polar surface area (TPSA) is 71.3 Å². The minimum absolute atomic E-state index is 0.132. The number of thiophene rings is 1. The number of nitrogens with zero attached hydrogens (tertiary/aromatic N) is 1. The number of fused-ring (bicyclic) bond motifs is 1. The van der Waals surface area contributed by atoms with Gasteiger partial charge in [0.1, 0.15) is 11.4 Å². The maximum atomic E-state index is 13.8. The lowest BCUT2D eigenvalue weighted by Gasteiger charge is -2.10. The zero-order valence-electron chi connectivity index (χ0n) is 11.8. The molecule has 0 saturated carbocycles. The zero-order valence-corrected chi connectivity index (χ0v) is 13.3. The molecule has 0 bridgehead atoms. The van der Waals surface area contributed by atoms with Gasteiger partial charge in [-0.25, -0.2) is 4.39 Å². The Bertz CT molecular complexity index is 996. The summed E-state index contributed by atoms with van der Waals surface area (Å²) in [6.07, 6.45) is 0. The van der Waals surface area contributed by atoms with Gasteiger partial charge in [-0.1, -0.05) is 11.6 Å². The molecular formula is C15H10ClFN2O3S. The first-order valence-electron chi connectivity index (χ1n) is 6.45. The van der Waals surface area contributed by atoms with Crippen LogP contribution in [0.1, 0.15) is 10.4 Å². The van der Waals surface area contributed by atoms with Crippen LogP contribution < -0.4 is 10.9 Å². The van der Waals surface area contributed by atoms with Crippen LogP contribution in [0.3, 0.4) is 0 Å². The fourth-order valence-electron chi connectivity index (χ4n) is 2.22. The quantitative estimate of drug-likeness (QED) is 0.743. The number of aromatic hydroxyl groups is 1. The molecule has 0 fully saturated rings. The largest absolute Gasteiger partial charge is 0.505 e. The van der Waals surface area contributed by atoms with Crippen LogP contribution in [0.4, 0.5) is 10.1 Å². The summed E-state index contributed by atoms with van der Waals surface area (Å²) in [7, 11) is 1.50. The first kappa shape index (κ1) is 15.5. The van der Waals surface area contributed by atoms with E-state index in [0.29, 0.717) is 10.2 Å². The second-order valence-electron chi connectivity index (χ2n) is 4.80. The Morgan fingerprint density at radius 2 is 2.13 bits per heavy atom. The van der Waals surface area contributed by atoms with Gasteiger partial charge in [-0.3, -0.25) is 9.59 Å². The summed E-state index contributed by atoms with van der Waals surface area (Å²) in [5, 5.41) is 14.4. The Labute approximate surface area is 138 Å². The number of aromatic nitrogens is 1. The van der Waals surface area contributed by atoms with Gasteiger partial charge < -0.3 is 15.0 Å². The minimum atomic E-state index is -0.889. The number of rotatable bonds is 2. The number of nitrogens with one attached hydrogen (secondary N) is 1. The molecule has 8 heteroatoms. The van der Waals surface area contributed by atoms with Crippen molar-refractivity contribution in [3.63, 3.8) is 0 Å². The summed E-state index contributed by atoms with van der Waals surface area (Å²) >= 11 is 6.85. The molecule has 1 aromatic carbocycles. The van der Waals surface area contributed by atoms with E-state index in [1.165, 1.54) is 35.1 Å². The molecule has 1 amide bonds. The van der Waals surface area contributed by atoms with Crippen molar-refractivity contribution in [3.8, 4) is 5.75 Å². The SMILES string of the molecule is Cn1c(=O)c(C(=O)Nc2ccc(Cl)cc2F)c(O)c2sccc21. The molecular weight excluding hydrogens is 343 g/mol. The number of hydrogen-bond donors (Lipinski definition) is 2. The molecule has 3 rings (SSSR count). The predicted molar refractivity (Wildman–Crippen MR) is 88.1 cm³/mol. The van der Waals surface area contributed by atoms with Crippen LogP contribution in [0.25, 0.3) is 10.2 Å². The highest BCUT2D eigenvalue weighted by Crippen LogP contribution is 2.31. The Kier molecular flexibility index (Phi) is 3.83. The predicted octanol–water partition coefficient (Wildman–Crippen LogP) is 3.35. The Hall–Kier alpha value is -2.38. The number of benzene rings is 1. The van der Waals surface area contributed by atoms with E-state index < -0.39 is 28.6 Å². The lowest BCUT2D eigenvalue weighted by atomic mass is 10.2. The lowest BCUT2D eigenvalue weighted by molar-refractivity contribution is 0.102. The third-order valence-corrected chi connectivity index (χ3v) is 4.53. The molecule has 0 aliphatic carbocycles. The second kappa shape index (κ2) is 5.68. The van der Waals surface area contributed by atoms with E-state index in [4.69, 9.17) is 11.6 Å². The summed E-state index contributed by atoms with van der Waals surface area (Å²) in [5.74, 6) is -2.04. The van der Waals surface area contributed by atoms with Gasteiger partial charge in [-0.2, -0.15) is 0 Å². The van der Waals surface area contributed by atoms with E-state index in [2.05, 4.69) is 5.32 Å². The van der Waals surface area contributed by atoms with E-state index in [-0.39, 0.29) is 10.7 Å². The van der Waals surface area contributed by atoms with Crippen LogP contribution >= 0.6 is 22.9 Å². The first-order chi connectivity index (χ1) is 10.9. The van der Waals surface area contributed by atoms with Crippen molar-refractivity contribution in [3.05, 3.63) is 56.4 Å². The fourth-order valence-corrected chi connectivity index (χ4v) is 3.25. The van der Waals surface area contributed by atoms with Crippen LogP contribution in [-0.2, 0) is 7.05 Å². The number of hydrogen-bond acceptors (Lipinski definition) is 4. The maximum absolute atomic E-state index is 13.8. The smallest absolute Gasteiger partial charge is 0.267 e. The van der Waals surface area contributed by atoms with Gasteiger partial charge in [0.2, 0.25) is 0 Å². The van der Waals surface area contributed by atoms with Gasteiger partial charge in [0.25, 0.3) is 11.5 Å². The number of carbonyl (C=O) groups excluding carboxylic acids is 1. The molecule has 0 spiro atoms. The number of aryl methyl sites for hydroxylation is 1. The highest BCUT2D eigenvalue weighted by Gasteiger charge is 2.22. The average molecular weight is 353 g/mol. The van der Waals surface area contributed by atoms with Crippen molar-refractivity contribution in [2.45, 2.75) is 0 Å². The third kappa shape index (κ3) is 2.58. The molecule has 2 heterocycles. The van der Waals surface area contributed by atoms with Gasteiger partial charge in [0.15, 0.2) is 5.75 Å². The second-order valence-corrected chi connectivity index (χ2v) is 6.15. The molecule has 23 heavy (non-hydrogen) atoms. The van der Waals surface area contributed by atoms with Gasteiger partial charge in [-0.15, -0.1) is 11.3 Å². The van der Waals surface area contributed by atoms with Crippen molar-refractivity contribution in [1.82, 2.24) is 4.57 Å². The van der Waals surface area contributed by atoms with Gasteiger partial charge in [0, 0.05) is 12.1 Å². The van der Waals surface area contributed by atoms with Gasteiger partial charge in [0.05, 0.1) is 15.9 Å². The molecule has 0 saturated heterocycles. The Morgan fingerprint density at radius 3 is 2.83 bits per heavy atom. The number of pyridine rings is 1. The van der Waals surface area contributed by atoms with Crippen molar-refractivity contribution in [2.24, 2.45) is 7.05 Å². The molecule has 5 nitrogen and oxygen atoms in total. The highest BCUT2D eigenvalue weighted by molar-refractivity contribution is 7.17. The highest BCUT2D eigenvalue weighted by atomic mass is 35.5. The number of halogens is 2. The van der Waals surface area contributed by atoms with Gasteiger partial charge in [-0.05, 0) is 29.6 Å². The third-order valence-electron chi connectivity index (χ3n) is 3.38. The van der Waals surface area contributed by atoms with Crippen molar-refractivity contribution in [2.75, 3.05) is 5.32 Å². The van der Waals surface area contributed by atoms with E-state index >= 15 is 0 Å². The van der Waals surface area contributed by atoms with Crippen LogP contribution in [0.5, 0.6) is 5.75 Å². The standard InChI is InChI=1S/C15H10ClFN2O3S/c1-19-10-4-5-23-13(10)12(20)11(15(19)22)14(21)18-9-3-2-7(16)6-8(9)17/h2-6,20H,1H3,(H,18,21). The van der Waals surface area contributed by atoms with Crippen LogP contribution in [0, 0.1) is 5.82 Å². The van der Waals surface area contributed by atoms with E-state index in [0.717, 1.165) is 6.07 Å². The molecule has 0 atom stereocenters. The van der Waals surface area contributed by atoms with Crippen LogP contribution in [-0.4, -0.2) is 15.6 Å². The summed E-state index contributed by atoms with van der Waals surface area (Å²) in [5.41, 5.74) is -0.712. The monoisotopic (exact) mass is 352 g/mol. The molecule has 0 unspecified atom stereocenters. The molecule has 0 aliphatic rings. The van der Waals surface area contributed by atoms with Crippen LogP contribution in [0.15, 0.2) is 34.4 Å². The molecule has 2 N–H and O–H groups in total. The number of anilines is 1. The lowest BCUT2D eigenvalue weighted by Crippen LogP contribution is -2.28. The Morgan fingerprint density at radius 1 is 1.39 bits per heavy atom. The molecule has 0 aliphatic heterocycles. The first-order valence-corrected chi connectivity index (χ1v) is 7.71. The van der Waals surface area contributed by atoms with E-state index in [1.54, 1.807) is 11.4 Å². The summed E-state index contributed by atoms with van der Waals surface area (Å²) in [4.78, 5) is 24.6. The van der Waals surface area contributed by atoms with E-state index in [9.17, 15) is 19.1 Å².